The summed E-state index contributed by atoms with van der Waals surface area (Å²) in [5, 5.41) is 23.8. The third-order valence-electron chi connectivity index (χ3n) is 6.84. The zero-order chi connectivity index (χ0) is 22.8. The molecule has 2 aromatic rings. The predicted octanol–water partition coefficient (Wildman–Crippen LogP) is 2.34. The summed E-state index contributed by atoms with van der Waals surface area (Å²) in [7, 11) is 0. The van der Waals surface area contributed by atoms with Crippen molar-refractivity contribution in [3.8, 4) is 0 Å². The summed E-state index contributed by atoms with van der Waals surface area (Å²) in [6.07, 6.45) is 1.13. The molecular formula is C24H30N4O4. The van der Waals surface area contributed by atoms with Gasteiger partial charge in [0.15, 0.2) is 6.20 Å². The third kappa shape index (κ3) is 4.55. The van der Waals surface area contributed by atoms with Gasteiger partial charge in [-0.3, -0.25) is 4.79 Å². The number of hydrogen-bond acceptors (Lipinski definition) is 4. The molecule has 4 rings (SSSR count). The lowest BCUT2D eigenvalue weighted by Crippen LogP contribution is -2.38. The molecule has 2 N–H and O–H groups in total. The number of fused-ring (bicyclic) bond motifs is 1. The van der Waals surface area contributed by atoms with Crippen molar-refractivity contribution in [1.82, 2.24) is 15.1 Å². The van der Waals surface area contributed by atoms with Crippen molar-refractivity contribution in [2.75, 3.05) is 32.7 Å². The lowest BCUT2D eigenvalue weighted by Gasteiger charge is -2.24. The second kappa shape index (κ2) is 9.16. The van der Waals surface area contributed by atoms with Crippen LogP contribution in [0, 0.1) is 30.9 Å². The lowest BCUT2D eigenvalue weighted by molar-refractivity contribution is -0.612. The van der Waals surface area contributed by atoms with Gasteiger partial charge in [-0.25, -0.2) is 4.79 Å². The van der Waals surface area contributed by atoms with Gasteiger partial charge in [-0.1, -0.05) is 30.3 Å². The van der Waals surface area contributed by atoms with Crippen LogP contribution >= 0.6 is 0 Å². The highest BCUT2D eigenvalue weighted by atomic mass is 16.5. The highest BCUT2D eigenvalue weighted by Gasteiger charge is 2.42. The van der Waals surface area contributed by atoms with Crippen LogP contribution < -0.4 is 10.0 Å². The van der Waals surface area contributed by atoms with Crippen LogP contribution in [0.2, 0.25) is 0 Å². The molecule has 2 unspecified atom stereocenters. The van der Waals surface area contributed by atoms with E-state index in [1.54, 1.807) is 13.0 Å². The number of nitrogens with zero attached hydrogens (tertiary/aromatic N) is 3. The van der Waals surface area contributed by atoms with Crippen molar-refractivity contribution in [2.45, 2.75) is 26.3 Å². The highest BCUT2D eigenvalue weighted by molar-refractivity contribution is 5.96. The van der Waals surface area contributed by atoms with Crippen LogP contribution in [0.3, 0.4) is 0 Å². The van der Waals surface area contributed by atoms with Crippen molar-refractivity contribution in [1.29, 1.82) is 0 Å². The second-order valence-electron chi connectivity index (χ2n) is 8.98. The number of carboxylic acid groups (broad SMARTS) is 1. The lowest BCUT2D eigenvalue weighted by atomic mass is 10.0. The van der Waals surface area contributed by atoms with Crippen LogP contribution in [0.25, 0.3) is 0 Å². The van der Waals surface area contributed by atoms with Crippen LogP contribution in [-0.2, 0) is 0 Å². The number of pyridine rings is 1. The number of hydrogen-bond donors (Lipinski definition) is 2. The van der Waals surface area contributed by atoms with Gasteiger partial charge in [-0.2, -0.15) is 4.73 Å². The number of aryl methyl sites for hydroxylation is 1. The molecule has 170 valence electrons. The second-order valence-corrected chi connectivity index (χ2v) is 8.98. The molecule has 0 aliphatic carbocycles. The van der Waals surface area contributed by atoms with Crippen molar-refractivity contribution in [2.24, 2.45) is 11.8 Å². The zero-order valence-corrected chi connectivity index (χ0v) is 18.5. The fourth-order valence-electron chi connectivity index (χ4n) is 5.16. The molecule has 32 heavy (non-hydrogen) atoms. The maximum Gasteiger partial charge on any atom is 0.405 e. The monoisotopic (exact) mass is 438 g/mol. The molecule has 0 radical (unpaired) electrons. The van der Waals surface area contributed by atoms with Crippen LogP contribution in [0.5, 0.6) is 0 Å². The Bertz CT molecular complexity index is 983. The van der Waals surface area contributed by atoms with Crippen LogP contribution in [-0.4, -0.2) is 59.6 Å². The summed E-state index contributed by atoms with van der Waals surface area (Å²) in [6, 6.07) is 11.1. The molecule has 2 aliphatic rings. The molecule has 3 heterocycles. The van der Waals surface area contributed by atoms with E-state index >= 15 is 0 Å². The molecule has 2 saturated heterocycles. The van der Waals surface area contributed by atoms with E-state index in [4.69, 9.17) is 0 Å². The summed E-state index contributed by atoms with van der Waals surface area (Å²) in [4.78, 5) is 28.6. The van der Waals surface area contributed by atoms with Gasteiger partial charge >= 0.3 is 6.09 Å². The molecule has 0 spiro atoms. The fourth-order valence-corrected chi connectivity index (χ4v) is 5.16. The zero-order valence-electron chi connectivity index (χ0n) is 18.5. The molecule has 2 fully saturated rings. The average Bonchev–Trinajstić information content (AvgIpc) is 3.33. The number of benzene rings is 1. The largest absolute Gasteiger partial charge is 0.618 e. The first-order valence-electron chi connectivity index (χ1n) is 11.1. The first kappa shape index (κ1) is 22.1. The van der Waals surface area contributed by atoms with E-state index in [1.807, 2.05) is 42.2 Å². The van der Waals surface area contributed by atoms with E-state index in [2.05, 4.69) is 10.2 Å². The maximum absolute atomic E-state index is 13.1. The molecule has 8 heteroatoms. The summed E-state index contributed by atoms with van der Waals surface area (Å²) in [5.41, 5.74) is 2.77. The number of rotatable bonds is 6. The Hall–Kier alpha value is -3.13. The highest BCUT2D eigenvalue weighted by Crippen LogP contribution is 2.33. The molecule has 1 aromatic heterocycles. The molecule has 8 nitrogen and oxygen atoms in total. The smallest absolute Gasteiger partial charge is 0.405 e. The molecule has 3 atom stereocenters. The Morgan fingerprint density at radius 3 is 2.41 bits per heavy atom. The third-order valence-corrected chi connectivity index (χ3v) is 6.84. The summed E-state index contributed by atoms with van der Waals surface area (Å²) in [5.74, 6) is 0.761. The molecule has 2 aliphatic heterocycles. The normalized spacial score (nSPS) is 21.4. The Morgan fingerprint density at radius 1 is 1.12 bits per heavy atom. The quantitative estimate of drug-likeness (QED) is 0.533. The topological polar surface area (TPSA) is 99.8 Å². The Balaban J connectivity index is 1.34. The number of aromatic nitrogens is 1. The Kier molecular flexibility index (Phi) is 6.32. The summed E-state index contributed by atoms with van der Waals surface area (Å²) < 4.78 is 0.757. The minimum Gasteiger partial charge on any atom is -0.618 e. The van der Waals surface area contributed by atoms with Crippen LogP contribution in [0.4, 0.5) is 4.79 Å². The van der Waals surface area contributed by atoms with Crippen molar-refractivity contribution < 1.29 is 19.4 Å². The van der Waals surface area contributed by atoms with Crippen molar-refractivity contribution in [3.63, 3.8) is 0 Å². The predicted molar refractivity (Wildman–Crippen MR) is 119 cm³/mol. The van der Waals surface area contributed by atoms with Crippen molar-refractivity contribution >= 4 is 12.0 Å². The minimum atomic E-state index is -1.02. The Labute approximate surface area is 188 Å². The van der Waals surface area contributed by atoms with E-state index in [0.717, 1.165) is 35.5 Å². The fraction of sp³-hybridized carbons (Fsp3) is 0.458. The SMILES string of the molecule is Cc1cc[n+]([O-])c(C)c1C(=O)N1CC2CN(CCC(NC(=O)O)c3ccccc3)C[C@H]2C1. The number of likely N-dealkylation sites (tertiary alicyclic amines) is 2. The molecule has 2 amide bonds. The first-order chi connectivity index (χ1) is 15.3. The molecule has 1 aromatic carbocycles. The molecular weight excluding hydrogens is 408 g/mol. The van der Waals surface area contributed by atoms with Gasteiger partial charge in [-0.05, 0) is 36.3 Å². The summed E-state index contributed by atoms with van der Waals surface area (Å²) in [6.45, 7) is 7.56. The molecule has 0 bridgehead atoms. The van der Waals surface area contributed by atoms with E-state index < -0.39 is 6.09 Å². The van der Waals surface area contributed by atoms with E-state index in [0.29, 0.717) is 42.6 Å². The first-order valence-corrected chi connectivity index (χ1v) is 11.1. The van der Waals surface area contributed by atoms with Crippen LogP contribution in [0.1, 0.15) is 39.6 Å². The van der Waals surface area contributed by atoms with E-state index in [9.17, 15) is 19.9 Å². The van der Waals surface area contributed by atoms with Gasteiger partial charge in [0.2, 0.25) is 5.69 Å². The number of carbonyl (C=O) groups excluding carboxylic acids is 1. The minimum absolute atomic E-state index is 0.0547. The van der Waals surface area contributed by atoms with E-state index in [1.165, 1.54) is 6.20 Å². The van der Waals surface area contributed by atoms with Crippen LogP contribution in [0.15, 0.2) is 42.6 Å². The molecule has 0 saturated carbocycles. The van der Waals surface area contributed by atoms with Crippen molar-refractivity contribution in [3.05, 3.63) is 70.2 Å². The van der Waals surface area contributed by atoms with Gasteiger partial charge in [0.1, 0.15) is 5.56 Å². The average molecular weight is 439 g/mol. The Morgan fingerprint density at radius 2 is 1.78 bits per heavy atom. The number of nitrogens with one attached hydrogen (secondary N) is 1. The van der Waals surface area contributed by atoms with Gasteiger partial charge in [0, 0.05) is 45.7 Å². The van der Waals surface area contributed by atoms with E-state index in [-0.39, 0.29) is 11.9 Å². The van der Waals surface area contributed by atoms with Gasteiger partial charge in [0.05, 0.1) is 6.04 Å². The standard InChI is InChI=1S/C24H30N4O4/c1-16-8-11-28(32)17(2)22(16)23(29)27-14-19-12-26(13-20(19)15-27)10-9-21(25-24(30)31)18-6-4-3-5-7-18/h3-8,11,19-21,25H,9-10,12-15H2,1-2H3,(H,30,31)/t19-,20?,21?/m0/s1. The number of carbonyl (C=O) groups is 2. The summed E-state index contributed by atoms with van der Waals surface area (Å²) >= 11 is 0. The van der Waals surface area contributed by atoms with Gasteiger partial charge in [0.25, 0.3) is 5.91 Å². The number of amides is 2. The van der Waals surface area contributed by atoms with Gasteiger partial charge < -0.3 is 25.4 Å². The maximum atomic E-state index is 13.1. The van der Waals surface area contributed by atoms with Gasteiger partial charge in [-0.15, -0.1) is 0 Å².